The van der Waals surface area contributed by atoms with Crippen LogP contribution in [0.2, 0.25) is 0 Å². The van der Waals surface area contributed by atoms with Gasteiger partial charge in [-0.05, 0) is 54.7 Å². The molecule has 0 radical (unpaired) electrons. The van der Waals surface area contributed by atoms with E-state index < -0.39 is 0 Å². The predicted octanol–water partition coefficient (Wildman–Crippen LogP) is 2.61. The molecule has 2 heterocycles. The minimum Gasteiger partial charge on any atom is -0.349 e. The molecule has 0 unspecified atom stereocenters. The number of aromatic nitrogens is 1. The second-order valence-corrected chi connectivity index (χ2v) is 6.76. The molecule has 1 N–H and O–H groups in total. The summed E-state index contributed by atoms with van der Waals surface area (Å²) in [4.78, 5) is 18.8. The van der Waals surface area contributed by atoms with Crippen molar-refractivity contribution in [1.29, 1.82) is 0 Å². The number of rotatable bonds is 4. The zero-order valence-corrected chi connectivity index (χ0v) is 13.4. The van der Waals surface area contributed by atoms with E-state index >= 15 is 0 Å². The Morgan fingerprint density at radius 1 is 1.25 bits per heavy atom. The van der Waals surface area contributed by atoms with Gasteiger partial charge in [0.2, 0.25) is 0 Å². The first-order valence-electron chi connectivity index (χ1n) is 8.38. The molecule has 2 fully saturated rings. The highest BCUT2D eigenvalue weighted by Gasteiger charge is 2.44. The molecular formula is C19H20FN3O. The van der Waals surface area contributed by atoms with Crippen LogP contribution in [0.4, 0.5) is 4.39 Å². The number of pyridine rings is 1. The molecule has 1 aromatic carbocycles. The number of likely N-dealkylation sites (tertiary alicyclic amines) is 1. The van der Waals surface area contributed by atoms with E-state index in [-0.39, 0.29) is 17.8 Å². The highest BCUT2D eigenvalue weighted by molar-refractivity contribution is 5.94. The van der Waals surface area contributed by atoms with Gasteiger partial charge in [-0.25, -0.2) is 4.39 Å². The maximum Gasteiger partial charge on any atom is 0.251 e. The molecule has 124 valence electrons. The number of carbonyl (C=O) groups is 1. The Balaban J connectivity index is 1.35. The Morgan fingerprint density at radius 3 is 2.79 bits per heavy atom. The van der Waals surface area contributed by atoms with Crippen LogP contribution >= 0.6 is 0 Å². The summed E-state index contributed by atoms with van der Waals surface area (Å²) in [5, 5.41) is 3.10. The monoisotopic (exact) mass is 325 g/mol. The molecule has 1 amide bonds. The Bertz CT molecular complexity index is 736. The van der Waals surface area contributed by atoms with Crippen molar-refractivity contribution in [2.24, 2.45) is 5.92 Å². The van der Waals surface area contributed by atoms with Gasteiger partial charge in [-0.3, -0.25) is 14.7 Å². The molecule has 4 rings (SSSR count). The van der Waals surface area contributed by atoms with Gasteiger partial charge < -0.3 is 5.32 Å². The van der Waals surface area contributed by atoms with Gasteiger partial charge in [0.25, 0.3) is 5.91 Å². The molecular weight excluding hydrogens is 305 g/mol. The summed E-state index contributed by atoms with van der Waals surface area (Å²) in [7, 11) is 0. The van der Waals surface area contributed by atoms with Crippen molar-refractivity contribution >= 4 is 5.91 Å². The predicted molar refractivity (Wildman–Crippen MR) is 88.8 cm³/mol. The van der Waals surface area contributed by atoms with Crippen LogP contribution in [0.25, 0.3) is 0 Å². The third-order valence-corrected chi connectivity index (χ3v) is 5.19. The summed E-state index contributed by atoms with van der Waals surface area (Å²) in [5.74, 6) is -0.0683. The fourth-order valence-electron chi connectivity index (χ4n) is 4.02. The number of hydrogen-bond donors (Lipinski definition) is 1. The number of amides is 1. The Hall–Kier alpha value is -2.27. The zero-order valence-electron chi connectivity index (χ0n) is 13.4. The van der Waals surface area contributed by atoms with Crippen molar-refractivity contribution in [2.75, 3.05) is 6.54 Å². The number of hydrogen-bond acceptors (Lipinski definition) is 3. The summed E-state index contributed by atoms with van der Waals surface area (Å²) in [6, 6.07) is 10.7. The molecule has 1 aromatic heterocycles. The van der Waals surface area contributed by atoms with Crippen molar-refractivity contribution in [3.8, 4) is 0 Å². The van der Waals surface area contributed by atoms with Crippen LogP contribution in [0.3, 0.4) is 0 Å². The third-order valence-electron chi connectivity index (χ3n) is 5.19. The number of halogens is 1. The summed E-state index contributed by atoms with van der Waals surface area (Å²) in [6.07, 6.45) is 5.74. The highest BCUT2D eigenvalue weighted by Crippen LogP contribution is 2.38. The maximum absolute atomic E-state index is 13.3. The van der Waals surface area contributed by atoms with Crippen molar-refractivity contribution in [3.63, 3.8) is 0 Å². The van der Waals surface area contributed by atoms with Gasteiger partial charge in [-0.2, -0.15) is 0 Å². The normalized spacial score (nSPS) is 25.8. The second-order valence-electron chi connectivity index (χ2n) is 6.76. The Morgan fingerprint density at radius 2 is 2.08 bits per heavy atom. The number of carbonyl (C=O) groups excluding carboxylic acids is 1. The van der Waals surface area contributed by atoms with Crippen LogP contribution in [0.15, 0.2) is 48.8 Å². The van der Waals surface area contributed by atoms with Gasteiger partial charge in [-0.15, -0.1) is 0 Å². The first-order chi connectivity index (χ1) is 11.7. The number of nitrogens with one attached hydrogen (secondary N) is 1. The van der Waals surface area contributed by atoms with E-state index in [2.05, 4.69) is 27.3 Å². The van der Waals surface area contributed by atoms with Crippen LogP contribution in [0.5, 0.6) is 0 Å². The smallest absolute Gasteiger partial charge is 0.251 e. The molecule has 5 heteroatoms. The number of fused-ring (bicyclic) bond motifs is 2. The molecule has 1 saturated heterocycles. The first-order valence-corrected chi connectivity index (χ1v) is 8.38. The summed E-state index contributed by atoms with van der Waals surface area (Å²) >= 11 is 0. The lowest BCUT2D eigenvalue weighted by Gasteiger charge is -2.32. The van der Waals surface area contributed by atoms with Crippen LogP contribution in [0, 0.1) is 11.7 Å². The number of nitrogens with zero attached hydrogens (tertiary/aromatic N) is 2. The summed E-state index contributed by atoms with van der Waals surface area (Å²) < 4.78 is 13.3. The lowest BCUT2D eigenvalue weighted by atomic mass is 10.0. The lowest BCUT2D eigenvalue weighted by molar-refractivity contribution is 0.0903. The van der Waals surface area contributed by atoms with Crippen molar-refractivity contribution in [1.82, 2.24) is 15.2 Å². The topological polar surface area (TPSA) is 45.2 Å². The minimum atomic E-state index is -0.376. The molecule has 0 spiro atoms. The number of piperidine rings is 1. The first kappa shape index (κ1) is 15.3. The summed E-state index contributed by atoms with van der Waals surface area (Å²) in [6.45, 7) is 1.94. The van der Waals surface area contributed by atoms with E-state index in [0.29, 0.717) is 17.5 Å². The molecule has 2 aliphatic rings. The molecule has 1 aliphatic carbocycles. The fraction of sp³-hybridized carbons (Fsp3) is 0.368. The number of benzene rings is 1. The van der Waals surface area contributed by atoms with Crippen molar-refractivity contribution in [2.45, 2.75) is 31.5 Å². The van der Waals surface area contributed by atoms with Gasteiger partial charge in [-0.1, -0.05) is 6.07 Å². The minimum absolute atomic E-state index is 0.173. The summed E-state index contributed by atoms with van der Waals surface area (Å²) in [5.41, 5.74) is 1.67. The van der Waals surface area contributed by atoms with Crippen molar-refractivity contribution in [3.05, 3.63) is 65.7 Å². The molecule has 2 bridgehead atoms. The van der Waals surface area contributed by atoms with Gasteiger partial charge in [0, 0.05) is 43.1 Å². The fourth-order valence-corrected chi connectivity index (χ4v) is 4.02. The van der Waals surface area contributed by atoms with E-state index in [1.165, 1.54) is 17.7 Å². The Labute approximate surface area is 140 Å². The van der Waals surface area contributed by atoms with E-state index in [1.807, 2.05) is 12.4 Å². The van der Waals surface area contributed by atoms with Crippen LogP contribution in [0.1, 0.15) is 28.8 Å². The van der Waals surface area contributed by atoms with E-state index in [1.54, 1.807) is 12.1 Å². The third kappa shape index (κ3) is 3.04. The molecule has 24 heavy (non-hydrogen) atoms. The van der Waals surface area contributed by atoms with Crippen LogP contribution in [-0.4, -0.2) is 34.4 Å². The molecule has 4 nitrogen and oxygen atoms in total. The largest absolute Gasteiger partial charge is 0.349 e. The van der Waals surface area contributed by atoms with Crippen LogP contribution < -0.4 is 5.32 Å². The van der Waals surface area contributed by atoms with Crippen molar-refractivity contribution < 1.29 is 9.18 Å². The average molecular weight is 325 g/mol. The van der Waals surface area contributed by atoms with Gasteiger partial charge in [0.1, 0.15) is 5.82 Å². The standard InChI is InChI=1S/C19H20FN3O/c20-16-3-1-2-14(8-16)19(24)22-18-10-17-9-15(18)12-23(17)11-13-4-6-21-7-5-13/h1-8,15,17-18H,9-12H2,(H,22,24)/t15-,17+,18+/m0/s1. The van der Waals surface area contributed by atoms with Gasteiger partial charge in [0.15, 0.2) is 0 Å². The molecule has 2 aromatic rings. The highest BCUT2D eigenvalue weighted by atomic mass is 19.1. The Kier molecular flexibility index (Phi) is 4.02. The van der Waals surface area contributed by atoms with E-state index in [9.17, 15) is 9.18 Å². The SMILES string of the molecule is O=C(N[C@@H]1C[C@H]2C[C@H]1CN2Cc1ccncc1)c1cccc(F)c1. The average Bonchev–Trinajstić information content (AvgIpc) is 3.15. The second kappa shape index (κ2) is 6.32. The van der Waals surface area contributed by atoms with Gasteiger partial charge in [0.05, 0.1) is 0 Å². The van der Waals surface area contributed by atoms with E-state index in [4.69, 9.17) is 0 Å². The van der Waals surface area contributed by atoms with E-state index in [0.717, 1.165) is 25.9 Å². The zero-order chi connectivity index (χ0) is 16.5. The maximum atomic E-state index is 13.3. The van der Waals surface area contributed by atoms with Crippen LogP contribution in [-0.2, 0) is 6.54 Å². The molecule has 3 atom stereocenters. The lowest BCUT2D eigenvalue weighted by Crippen LogP contribution is -2.45. The molecule has 1 aliphatic heterocycles. The molecule has 1 saturated carbocycles. The quantitative estimate of drug-likeness (QED) is 0.940. The van der Waals surface area contributed by atoms with Gasteiger partial charge >= 0.3 is 0 Å².